The average molecular weight is 333 g/mol. The van der Waals surface area contributed by atoms with Crippen molar-refractivity contribution < 1.29 is 0 Å². The SMILES string of the molecule is c1cncc(-c2nc3c(c(NCc4nncn4C4CC4)n2)CCC3)c1. The highest BCUT2D eigenvalue weighted by molar-refractivity contribution is 5.59. The van der Waals surface area contributed by atoms with Gasteiger partial charge in [-0.05, 0) is 44.2 Å². The summed E-state index contributed by atoms with van der Waals surface area (Å²) < 4.78 is 2.18. The highest BCUT2D eigenvalue weighted by atomic mass is 15.3. The second-order valence-corrected chi connectivity index (χ2v) is 6.66. The van der Waals surface area contributed by atoms with Crippen LogP contribution in [0.5, 0.6) is 0 Å². The number of nitrogens with zero attached hydrogens (tertiary/aromatic N) is 6. The maximum absolute atomic E-state index is 4.78. The van der Waals surface area contributed by atoms with Gasteiger partial charge in [-0.3, -0.25) is 4.98 Å². The van der Waals surface area contributed by atoms with Crippen molar-refractivity contribution in [2.75, 3.05) is 5.32 Å². The van der Waals surface area contributed by atoms with Gasteiger partial charge in [0.15, 0.2) is 11.6 Å². The summed E-state index contributed by atoms with van der Waals surface area (Å²) >= 11 is 0. The van der Waals surface area contributed by atoms with Crippen LogP contribution in [0.25, 0.3) is 11.4 Å². The van der Waals surface area contributed by atoms with Crippen LogP contribution in [-0.4, -0.2) is 29.7 Å². The molecule has 0 saturated heterocycles. The highest BCUT2D eigenvalue weighted by Gasteiger charge is 2.26. The summed E-state index contributed by atoms with van der Waals surface area (Å²) in [4.78, 5) is 13.7. The van der Waals surface area contributed by atoms with Gasteiger partial charge in [0.2, 0.25) is 0 Å². The highest BCUT2D eigenvalue weighted by Crippen LogP contribution is 2.35. The molecule has 0 amide bonds. The fourth-order valence-corrected chi connectivity index (χ4v) is 3.42. The number of anilines is 1. The largest absolute Gasteiger partial charge is 0.362 e. The Balaban J connectivity index is 1.46. The number of hydrogen-bond acceptors (Lipinski definition) is 6. The van der Waals surface area contributed by atoms with Gasteiger partial charge >= 0.3 is 0 Å². The normalized spacial score (nSPS) is 16.0. The number of nitrogens with one attached hydrogen (secondary N) is 1. The standard InChI is InChI=1S/C18H19N7/c1-4-14-15(5-1)22-17(12-3-2-8-19-9-12)23-18(14)20-10-16-24-21-11-25(16)13-6-7-13/h2-3,8-9,11,13H,1,4-7,10H2,(H,20,22,23). The lowest BCUT2D eigenvalue weighted by atomic mass is 10.2. The Hall–Kier alpha value is -2.83. The predicted octanol–water partition coefficient (Wildman–Crippen LogP) is 2.57. The Morgan fingerprint density at radius 2 is 2.16 bits per heavy atom. The van der Waals surface area contributed by atoms with Crippen molar-refractivity contribution in [2.24, 2.45) is 0 Å². The second-order valence-electron chi connectivity index (χ2n) is 6.66. The van der Waals surface area contributed by atoms with Gasteiger partial charge in [-0.15, -0.1) is 10.2 Å². The van der Waals surface area contributed by atoms with E-state index in [0.29, 0.717) is 12.6 Å². The lowest BCUT2D eigenvalue weighted by molar-refractivity contribution is 0.689. The first-order valence-corrected chi connectivity index (χ1v) is 8.81. The summed E-state index contributed by atoms with van der Waals surface area (Å²) in [5, 5.41) is 11.8. The first kappa shape index (κ1) is 14.5. The lowest BCUT2D eigenvalue weighted by Gasteiger charge is -2.12. The number of rotatable bonds is 5. The van der Waals surface area contributed by atoms with Gasteiger partial charge in [0, 0.05) is 35.3 Å². The van der Waals surface area contributed by atoms with E-state index in [1.807, 2.05) is 24.7 Å². The van der Waals surface area contributed by atoms with Crippen LogP contribution >= 0.6 is 0 Å². The zero-order chi connectivity index (χ0) is 16.6. The molecule has 2 aliphatic rings. The molecular weight excluding hydrogens is 314 g/mol. The maximum Gasteiger partial charge on any atom is 0.163 e. The summed E-state index contributed by atoms with van der Waals surface area (Å²) in [6, 6.07) is 4.49. The van der Waals surface area contributed by atoms with E-state index < -0.39 is 0 Å². The minimum Gasteiger partial charge on any atom is -0.362 e. The van der Waals surface area contributed by atoms with Gasteiger partial charge in [0.1, 0.15) is 12.1 Å². The van der Waals surface area contributed by atoms with Crippen molar-refractivity contribution in [3.63, 3.8) is 0 Å². The quantitative estimate of drug-likeness (QED) is 0.773. The molecule has 0 unspecified atom stereocenters. The van der Waals surface area contributed by atoms with Crippen LogP contribution < -0.4 is 5.32 Å². The molecule has 7 heteroatoms. The zero-order valence-corrected chi connectivity index (χ0v) is 13.9. The van der Waals surface area contributed by atoms with E-state index in [1.54, 1.807) is 6.20 Å². The maximum atomic E-state index is 4.78. The molecule has 3 heterocycles. The molecule has 1 fully saturated rings. The molecule has 0 aliphatic heterocycles. The molecule has 7 nitrogen and oxygen atoms in total. The van der Waals surface area contributed by atoms with Crippen molar-refractivity contribution in [1.29, 1.82) is 0 Å². The summed E-state index contributed by atoms with van der Waals surface area (Å²) in [7, 11) is 0. The van der Waals surface area contributed by atoms with Gasteiger partial charge in [0.05, 0.1) is 6.54 Å². The van der Waals surface area contributed by atoms with Gasteiger partial charge < -0.3 is 9.88 Å². The van der Waals surface area contributed by atoms with Crippen molar-refractivity contribution in [1.82, 2.24) is 29.7 Å². The molecule has 25 heavy (non-hydrogen) atoms. The molecule has 0 bridgehead atoms. The van der Waals surface area contributed by atoms with Gasteiger partial charge in [-0.2, -0.15) is 0 Å². The smallest absolute Gasteiger partial charge is 0.163 e. The lowest BCUT2D eigenvalue weighted by Crippen LogP contribution is -2.11. The molecule has 0 atom stereocenters. The third kappa shape index (κ3) is 2.75. The van der Waals surface area contributed by atoms with Crippen LogP contribution in [0, 0.1) is 0 Å². The van der Waals surface area contributed by atoms with E-state index in [9.17, 15) is 0 Å². The zero-order valence-electron chi connectivity index (χ0n) is 13.9. The minimum absolute atomic E-state index is 0.578. The molecule has 1 saturated carbocycles. The molecule has 0 spiro atoms. The molecule has 5 rings (SSSR count). The van der Waals surface area contributed by atoms with Crippen LogP contribution in [0.1, 0.15) is 42.4 Å². The van der Waals surface area contributed by atoms with Gasteiger partial charge in [0.25, 0.3) is 0 Å². The minimum atomic E-state index is 0.578. The fraction of sp³-hybridized carbons (Fsp3) is 0.389. The summed E-state index contributed by atoms with van der Waals surface area (Å²) in [5.74, 6) is 2.63. The van der Waals surface area contributed by atoms with Gasteiger partial charge in [-0.1, -0.05) is 0 Å². The second kappa shape index (κ2) is 5.91. The molecule has 0 aromatic carbocycles. The third-order valence-electron chi connectivity index (χ3n) is 4.85. The molecule has 1 N–H and O–H groups in total. The molecule has 3 aromatic rings. The predicted molar refractivity (Wildman–Crippen MR) is 92.9 cm³/mol. The van der Waals surface area contributed by atoms with Crippen LogP contribution in [0.3, 0.4) is 0 Å². The summed E-state index contributed by atoms with van der Waals surface area (Å²) in [6.07, 6.45) is 11.0. The van der Waals surface area contributed by atoms with Crippen LogP contribution in [0.2, 0.25) is 0 Å². The van der Waals surface area contributed by atoms with Crippen LogP contribution in [-0.2, 0) is 19.4 Å². The molecule has 126 valence electrons. The van der Waals surface area contributed by atoms with E-state index >= 15 is 0 Å². The van der Waals surface area contributed by atoms with Crippen molar-refractivity contribution in [2.45, 2.75) is 44.7 Å². The fourth-order valence-electron chi connectivity index (χ4n) is 3.42. The Bertz CT molecular complexity index is 899. The summed E-state index contributed by atoms with van der Waals surface area (Å²) in [5.41, 5.74) is 3.34. The van der Waals surface area contributed by atoms with E-state index in [0.717, 1.165) is 48.0 Å². The van der Waals surface area contributed by atoms with Crippen LogP contribution in [0.15, 0.2) is 30.9 Å². The van der Waals surface area contributed by atoms with E-state index in [2.05, 4.69) is 25.1 Å². The Labute approximate surface area is 145 Å². The number of aromatic nitrogens is 6. The monoisotopic (exact) mass is 333 g/mol. The molecule has 0 radical (unpaired) electrons. The Morgan fingerprint density at radius 3 is 3.00 bits per heavy atom. The van der Waals surface area contributed by atoms with Crippen molar-refractivity contribution in [3.05, 3.63) is 47.9 Å². The average Bonchev–Trinajstić information content (AvgIpc) is 3.19. The molecular formula is C18H19N7. The van der Waals surface area contributed by atoms with Crippen molar-refractivity contribution >= 4 is 5.82 Å². The van der Waals surface area contributed by atoms with Crippen molar-refractivity contribution in [3.8, 4) is 11.4 Å². The number of hydrogen-bond donors (Lipinski definition) is 1. The van der Waals surface area contributed by atoms with E-state index in [4.69, 9.17) is 9.97 Å². The number of aryl methyl sites for hydroxylation is 1. The summed E-state index contributed by atoms with van der Waals surface area (Å²) in [6.45, 7) is 0.631. The van der Waals surface area contributed by atoms with Gasteiger partial charge in [-0.25, -0.2) is 9.97 Å². The molecule has 3 aromatic heterocycles. The molecule has 2 aliphatic carbocycles. The van der Waals surface area contributed by atoms with E-state index in [1.165, 1.54) is 18.4 Å². The first-order valence-electron chi connectivity index (χ1n) is 8.81. The van der Waals surface area contributed by atoms with E-state index in [-0.39, 0.29) is 0 Å². The Kier molecular flexibility index (Phi) is 3.43. The Morgan fingerprint density at radius 1 is 1.20 bits per heavy atom. The topological polar surface area (TPSA) is 81.4 Å². The first-order chi connectivity index (χ1) is 12.4. The number of pyridine rings is 1. The third-order valence-corrected chi connectivity index (χ3v) is 4.85. The van der Waals surface area contributed by atoms with Crippen LogP contribution in [0.4, 0.5) is 5.82 Å². The number of fused-ring (bicyclic) bond motifs is 1.